The monoisotopic (exact) mass is 204 g/mol. The van der Waals surface area contributed by atoms with Crippen LogP contribution in [0.25, 0.3) is 10.9 Å². The maximum atomic E-state index is 10.2. The van der Waals surface area contributed by atoms with Gasteiger partial charge in [-0.3, -0.25) is 4.79 Å². The Balaban J connectivity index is 2.49. The molecule has 15 heavy (non-hydrogen) atoms. The summed E-state index contributed by atoms with van der Waals surface area (Å²) in [6, 6.07) is 5.60. The van der Waals surface area contributed by atoms with Gasteiger partial charge in [0.15, 0.2) is 0 Å². The molecule has 1 atom stereocenters. The van der Waals surface area contributed by atoms with Crippen LogP contribution in [0, 0.1) is 0 Å². The highest BCUT2D eigenvalue weighted by molar-refractivity contribution is 5.86. The van der Waals surface area contributed by atoms with Crippen LogP contribution in [0.4, 0.5) is 5.69 Å². The number of hydrogen-bond acceptors (Lipinski definition) is 3. The Labute approximate surface area is 87.0 Å². The zero-order valence-corrected chi connectivity index (χ0v) is 8.36. The number of rotatable bonds is 3. The highest BCUT2D eigenvalue weighted by Gasteiger charge is 2.11. The number of H-pyrrole nitrogens is 1. The topological polar surface area (TPSA) is 68.1 Å². The standard InChI is InChI=1S/C11H12N2O2/c1-7(15-6-14)10-5-13-11-4-8(12)2-3-9(10)11/h2-7,13H,12H2,1H3. The first-order chi connectivity index (χ1) is 7.22. The van der Waals surface area contributed by atoms with Crippen molar-refractivity contribution in [2.45, 2.75) is 13.0 Å². The lowest BCUT2D eigenvalue weighted by Gasteiger charge is -2.07. The summed E-state index contributed by atoms with van der Waals surface area (Å²) in [5, 5.41) is 1.03. The Hall–Kier alpha value is -1.97. The molecule has 4 heteroatoms. The van der Waals surface area contributed by atoms with Crippen molar-refractivity contribution in [3.8, 4) is 0 Å². The molecule has 2 aromatic rings. The highest BCUT2D eigenvalue weighted by atomic mass is 16.5. The van der Waals surface area contributed by atoms with Gasteiger partial charge in [0, 0.05) is 28.4 Å². The summed E-state index contributed by atoms with van der Waals surface area (Å²) >= 11 is 0. The van der Waals surface area contributed by atoms with Crippen molar-refractivity contribution >= 4 is 23.1 Å². The van der Waals surface area contributed by atoms with Gasteiger partial charge in [0.2, 0.25) is 0 Å². The molecule has 1 heterocycles. The largest absolute Gasteiger partial charge is 0.460 e. The van der Waals surface area contributed by atoms with Crippen molar-refractivity contribution < 1.29 is 9.53 Å². The molecular formula is C11H12N2O2. The van der Waals surface area contributed by atoms with Gasteiger partial charge in [-0.25, -0.2) is 0 Å². The van der Waals surface area contributed by atoms with Crippen molar-refractivity contribution in [1.29, 1.82) is 0 Å². The fourth-order valence-corrected chi connectivity index (χ4v) is 1.66. The number of fused-ring (bicyclic) bond motifs is 1. The summed E-state index contributed by atoms with van der Waals surface area (Å²) in [5.41, 5.74) is 8.27. The van der Waals surface area contributed by atoms with Crippen molar-refractivity contribution in [2.75, 3.05) is 5.73 Å². The minimum Gasteiger partial charge on any atom is -0.460 e. The first-order valence-corrected chi connectivity index (χ1v) is 4.68. The van der Waals surface area contributed by atoms with E-state index in [1.807, 2.05) is 31.3 Å². The van der Waals surface area contributed by atoms with Crippen molar-refractivity contribution in [1.82, 2.24) is 4.98 Å². The number of aromatic amines is 1. The van der Waals surface area contributed by atoms with E-state index in [0.29, 0.717) is 12.2 Å². The minimum atomic E-state index is -0.250. The molecule has 0 radical (unpaired) electrons. The lowest BCUT2D eigenvalue weighted by Crippen LogP contribution is -1.96. The molecule has 0 amide bonds. The van der Waals surface area contributed by atoms with Crippen LogP contribution >= 0.6 is 0 Å². The van der Waals surface area contributed by atoms with Gasteiger partial charge in [0.25, 0.3) is 6.47 Å². The van der Waals surface area contributed by atoms with Crippen LogP contribution in [-0.2, 0) is 9.53 Å². The fraction of sp³-hybridized carbons (Fsp3) is 0.182. The molecule has 4 nitrogen and oxygen atoms in total. The van der Waals surface area contributed by atoms with Crippen LogP contribution in [0.2, 0.25) is 0 Å². The Bertz CT molecular complexity index is 490. The fourth-order valence-electron chi connectivity index (χ4n) is 1.66. The molecule has 0 aliphatic rings. The second kappa shape index (κ2) is 3.65. The molecule has 0 aliphatic carbocycles. The Morgan fingerprint density at radius 1 is 1.53 bits per heavy atom. The Kier molecular flexibility index (Phi) is 2.33. The van der Waals surface area contributed by atoms with Gasteiger partial charge < -0.3 is 15.5 Å². The van der Waals surface area contributed by atoms with Gasteiger partial charge in [-0.2, -0.15) is 0 Å². The maximum absolute atomic E-state index is 10.2. The van der Waals surface area contributed by atoms with Gasteiger partial charge in [-0.15, -0.1) is 0 Å². The number of benzene rings is 1. The molecule has 0 bridgehead atoms. The molecule has 0 aliphatic heterocycles. The number of nitrogen functional groups attached to an aromatic ring is 1. The Morgan fingerprint density at radius 2 is 2.33 bits per heavy atom. The number of anilines is 1. The molecule has 2 rings (SSSR count). The van der Waals surface area contributed by atoms with Crippen LogP contribution < -0.4 is 5.73 Å². The number of nitrogens with one attached hydrogen (secondary N) is 1. The number of ether oxygens (including phenoxy) is 1. The summed E-state index contributed by atoms with van der Waals surface area (Å²) < 4.78 is 4.89. The summed E-state index contributed by atoms with van der Waals surface area (Å²) in [6.45, 7) is 2.29. The summed E-state index contributed by atoms with van der Waals surface area (Å²) in [6.07, 6.45) is 1.58. The predicted molar refractivity (Wildman–Crippen MR) is 58.3 cm³/mol. The normalized spacial score (nSPS) is 12.6. The molecule has 0 fully saturated rings. The summed E-state index contributed by atoms with van der Waals surface area (Å²) in [5.74, 6) is 0. The predicted octanol–water partition coefficient (Wildman–Crippen LogP) is 1.98. The average Bonchev–Trinajstić information content (AvgIpc) is 2.60. The van der Waals surface area contributed by atoms with Crippen LogP contribution in [0.5, 0.6) is 0 Å². The number of aromatic nitrogens is 1. The van der Waals surface area contributed by atoms with Crippen LogP contribution in [0.15, 0.2) is 24.4 Å². The van der Waals surface area contributed by atoms with E-state index in [9.17, 15) is 4.79 Å². The lowest BCUT2D eigenvalue weighted by atomic mass is 10.1. The van der Waals surface area contributed by atoms with Crippen molar-refractivity contribution in [2.24, 2.45) is 0 Å². The lowest BCUT2D eigenvalue weighted by molar-refractivity contribution is -0.133. The zero-order chi connectivity index (χ0) is 10.8. The van der Waals surface area contributed by atoms with E-state index >= 15 is 0 Å². The first kappa shape index (κ1) is 9.58. The second-order valence-electron chi connectivity index (χ2n) is 3.42. The molecular weight excluding hydrogens is 192 g/mol. The first-order valence-electron chi connectivity index (χ1n) is 4.68. The quantitative estimate of drug-likeness (QED) is 0.593. The van der Waals surface area contributed by atoms with E-state index in [4.69, 9.17) is 10.5 Å². The summed E-state index contributed by atoms with van der Waals surface area (Å²) in [4.78, 5) is 13.3. The minimum absolute atomic E-state index is 0.250. The number of carbonyl (C=O) groups excluding carboxylic acids is 1. The smallest absolute Gasteiger partial charge is 0.293 e. The molecule has 1 unspecified atom stereocenters. The molecule has 0 saturated heterocycles. The molecule has 78 valence electrons. The highest BCUT2D eigenvalue weighted by Crippen LogP contribution is 2.26. The molecule has 0 spiro atoms. The second-order valence-corrected chi connectivity index (χ2v) is 3.42. The van der Waals surface area contributed by atoms with Gasteiger partial charge in [-0.05, 0) is 19.1 Å². The molecule has 1 aromatic carbocycles. The van der Waals surface area contributed by atoms with E-state index < -0.39 is 0 Å². The van der Waals surface area contributed by atoms with E-state index in [0.717, 1.165) is 16.5 Å². The SMILES string of the molecule is CC(OC=O)c1c[nH]c2cc(N)ccc12. The van der Waals surface area contributed by atoms with Crippen LogP contribution in [-0.4, -0.2) is 11.5 Å². The molecule has 0 saturated carbocycles. The number of nitrogens with two attached hydrogens (primary N) is 1. The van der Waals surface area contributed by atoms with Gasteiger partial charge >= 0.3 is 0 Å². The van der Waals surface area contributed by atoms with Crippen LogP contribution in [0.3, 0.4) is 0 Å². The van der Waals surface area contributed by atoms with Gasteiger partial charge in [-0.1, -0.05) is 6.07 Å². The number of carbonyl (C=O) groups is 1. The van der Waals surface area contributed by atoms with Crippen molar-refractivity contribution in [3.63, 3.8) is 0 Å². The zero-order valence-electron chi connectivity index (χ0n) is 8.36. The third kappa shape index (κ3) is 1.66. The number of hydrogen-bond donors (Lipinski definition) is 2. The van der Waals surface area contributed by atoms with Crippen LogP contribution in [0.1, 0.15) is 18.6 Å². The molecule has 3 N–H and O–H groups in total. The average molecular weight is 204 g/mol. The van der Waals surface area contributed by atoms with E-state index in [-0.39, 0.29) is 6.10 Å². The van der Waals surface area contributed by atoms with E-state index in [1.165, 1.54) is 0 Å². The third-order valence-electron chi connectivity index (χ3n) is 2.44. The van der Waals surface area contributed by atoms with Gasteiger partial charge in [0.1, 0.15) is 6.10 Å². The third-order valence-corrected chi connectivity index (χ3v) is 2.44. The molecule has 1 aromatic heterocycles. The van der Waals surface area contributed by atoms with E-state index in [2.05, 4.69) is 4.98 Å². The van der Waals surface area contributed by atoms with Crippen molar-refractivity contribution in [3.05, 3.63) is 30.0 Å². The summed E-state index contributed by atoms with van der Waals surface area (Å²) in [7, 11) is 0. The van der Waals surface area contributed by atoms with Gasteiger partial charge in [0.05, 0.1) is 0 Å². The van der Waals surface area contributed by atoms with E-state index in [1.54, 1.807) is 0 Å². The maximum Gasteiger partial charge on any atom is 0.293 e. The Morgan fingerprint density at radius 3 is 3.07 bits per heavy atom.